The lowest BCUT2D eigenvalue weighted by Crippen LogP contribution is -2.25. The van der Waals surface area contributed by atoms with Crippen molar-refractivity contribution >= 4 is 27.5 Å². The maximum Gasteiger partial charge on any atom is 0.270 e. The zero-order valence-corrected chi connectivity index (χ0v) is 18.3. The molecule has 0 spiro atoms. The second kappa shape index (κ2) is 8.96. The Labute approximate surface area is 190 Å². The number of carbonyl (C=O) groups excluding carboxylic acids is 1. The molecule has 32 heavy (non-hydrogen) atoms. The summed E-state index contributed by atoms with van der Waals surface area (Å²) in [6.07, 6.45) is 0. The van der Waals surface area contributed by atoms with Crippen LogP contribution in [-0.4, -0.2) is 24.1 Å². The Morgan fingerprint density at radius 3 is 2.38 bits per heavy atom. The Kier molecular flexibility index (Phi) is 6.09. The van der Waals surface area contributed by atoms with Crippen LogP contribution in [0, 0.1) is 0 Å². The van der Waals surface area contributed by atoms with Gasteiger partial charge in [0, 0.05) is 17.1 Å². The van der Waals surface area contributed by atoms with Gasteiger partial charge in [-0.2, -0.15) is 5.10 Å². The lowest BCUT2D eigenvalue weighted by atomic mass is 10.1. The molecule has 3 N–H and O–H groups in total. The van der Waals surface area contributed by atoms with Gasteiger partial charge in [-0.15, -0.1) is 0 Å². The average molecular weight is 467 g/mol. The van der Waals surface area contributed by atoms with Crippen LogP contribution in [0.2, 0.25) is 5.02 Å². The van der Waals surface area contributed by atoms with E-state index in [0.29, 0.717) is 22.0 Å². The molecule has 4 aromatic rings. The molecule has 0 bridgehead atoms. The Morgan fingerprint density at radius 1 is 0.969 bits per heavy atom. The highest BCUT2D eigenvalue weighted by atomic mass is 35.5. The summed E-state index contributed by atoms with van der Waals surface area (Å²) in [5, 5.41) is 13.2. The summed E-state index contributed by atoms with van der Waals surface area (Å²) >= 11 is 5.99. The number of primary sulfonamides is 1. The monoisotopic (exact) mass is 466 g/mol. The van der Waals surface area contributed by atoms with Crippen molar-refractivity contribution in [2.45, 2.75) is 11.4 Å². The zero-order chi connectivity index (χ0) is 22.7. The molecule has 0 unspecified atom stereocenters. The van der Waals surface area contributed by atoms with E-state index in [4.69, 9.17) is 16.7 Å². The molecule has 0 saturated carbocycles. The third-order valence-electron chi connectivity index (χ3n) is 4.76. The third kappa shape index (κ3) is 4.88. The van der Waals surface area contributed by atoms with Crippen LogP contribution in [0.4, 0.5) is 0 Å². The fourth-order valence-electron chi connectivity index (χ4n) is 3.18. The largest absolute Gasteiger partial charge is 0.347 e. The number of halogens is 1. The van der Waals surface area contributed by atoms with Crippen molar-refractivity contribution in [1.82, 2.24) is 15.1 Å². The molecular weight excluding hydrogens is 448 g/mol. The predicted molar refractivity (Wildman–Crippen MR) is 123 cm³/mol. The maximum atomic E-state index is 13.1. The zero-order valence-electron chi connectivity index (χ0n) is 16.8. The van der Waals surface area contributed by atoms with Gasteiger partial charge < -0.3 is 5.32 Å². The van der Waals surface area contributed by atoms with Gasteiger partial charge in [0.2, 0.25) is 10.0 Å². The number of nitrogens with one attached hydrogen (secondary N) is 1. The molecule has 0 saturated heterocycles. The molecule has 0 fully saturated rings. The van der Waals surface area contributed by atoms with Gasteiger partial charge in [-0.1, -0.05) is 54.1 Å². The number of amides is 1. The number of rotatable bonds is 6. The molecule has 0 aliphatic heterocycles. The Hall–Kier alpha value is -3.46. The minimum Gasteiger partial charge on any atom is -0.347 e. The van der Waals surface area contributed by atoms with E-state index in [1.165, 1.54) is 12.1 Å². The van der Waals surface area contributed by atoms with Crippen molar-refractivity contribution in [3.63, 3.8) is 0 Å². The van der Waals surface area contributed by atoms with Gasteiger partial charge in [0.05, 0.1) is 16.3 Å². The number of nitrogens with two attached hydrogens (primary N) is 1. The van der Waals surface area contributed by atoms with E-state index in [1.807, 2.05) is 42.5 Å². The molecular formula is C23H19ClN4O3S. The van der Waals surface area contributed by atoms with Crippen LogP contribution in [0.3, 0.4) is 0 Å². The molecule has 1 aromatic heterocycles. The summed E-state index contributed by atoms with van der Waals surface area (Å²) in [6, 6.07) is 24.3. The van der Waals surface area contributed by atoms with E-state index in [1.54, 1.807) is 35.0 Å². The third-order valence-corrected chi connectivity index (χ3v) is 5.93. The lowest BCUT2D eigenvalue weighted by molar-refractivity contribution is 0.0943. The van der Waals surface area contributed by atoms with Gasteiger partial charge in [0.15, 0.2) is 0 Å². The van der Waals surface area contributed by atoms with Crippen LogP contribution in [0.5, 0.6) is 0 Å². The fourth-order valence-corrected chi connectivity index (χ4v) is 3.89. The quantitative estimate of drug-likeness (QED) is 0.451. The summed E-state index contributed by atoms with van der Waals surface area (Å²) in [5.74, 6) is -0.359. The Morgan fingerprint density at radius 2 is 1.69 bits per heavy atom. The van der Waals surface area contributed by atoms with E-state index in [-0.39, 0.29) is 17.3 Å². The van der Waals surface area contributed by atoms with Crippen molar-refractivity contribution < 1.29 is 13.2 Å². The van der Waals surface area contributed by atoms with E-state index in [9.17, 15) is 13.2 Å². The van der Waals surface area contributed by atoms with Gasteiger partial charge >= 0.3 is 0 Å². The normalized spacial score (nSPS) is 11.3. The number of sulfonamides is 1. The summed E-state index contributed by atoms with van der Waals surface area (Å²) in [5.41, 5.74) is 3.11. The second-order valence-corrected chi connectivity index (χ2v) is 9.04. The van der Waals surface area contributed by atoms with Crippen LogP contribution in [-0.2, 0) is 16.6 Å². The van der Waals surface area contributed by atoms with Crippen molar-refractivity contribution in [2.75, 3.05) is 0 Å². The molecule has 9 heteroatoms. The van der Waals surface area contributed by atoms with E-state index >= 15 is 0 Å². The van der Waals surface area contributed by atoms with Gasteiger partial charge in [-0.3, -0.25) is 4.79 Å². The molecule has 0 aliphatic carbocycles. The standard InChI is InChI=1S/C23H19ClN4O3S/c24-18-11-9-17(10-12-18)21-14-22(28(27-21)19-6-2-1-3-7-19)23(29)26-15-16-5-4-8-20(13-16)32(25,30)31/h1-14H,15H2,(H,26,29)(H2,25,30,31). The Balaban J connectivity index is 1.64. The van der Waals surface area contributed by atoms with Gasteiger partial charge in [0.25, 0.3) is 5.91 Å². The first kappa shape index (κ1) is 21.8. The van der Waals surface area contributed by atoms with Crippen molar-refractivity contribution in [2.24, 2.45) is 5.14 Å². The van der Waals surface area contributed by atoms with Gasteiger partial charge in [-0.05, 0) is 48.0 Å². The summed E-state index contributed by atoms with van der Waals surface area (Å²) in [4.78, 5) is 13.0. The first-order valence-electron chi connectivity index (χ1n) is 9.62. The smallest absolute Gasteiger partial charge is 0.270 e. The van der Waals surface area contributed by atoms with Crippen LogP contribution in [0.25, 0.3) is 16.9 Å². The molecule has 1 heterocycles. The highest BCUT2D eigenvalue weighted by Gasteiger charge is 2.18. The van der Waals surface area contributed by atoms with Crippen LogP contribution in [0.15, 0.2) is 89.8 Å². The van der Waals surface area contributed by atoms with Crippen LogP contribution in [0.1, 0.15) is 16.1 Å². The fraction of sp³-hybridized carbons (Fsp3) is 0.0435. The van der Waals surface area contributed by atoms with E-state index in [2.05, 4.69) is 10.4 Å². The summed E-state index contributed by atoms with van der Waals surface area (Å²) in [7, 11) is -3.83. The minimum atomic E-state index is -3.83. The van der Waals surface area contributed by atoms with Crippen LogP contribution >= 0.6 is 11.6 Å². The molecule has 4 rings (SSSR count). The van der Waals surface area contributed by atoms with Gasteiger partial charge in [0.1, 0.15) is 5.69 Å². The molecule has 0 aliphatic rings. The molecule has 0 radical (unpaired) electrons. The number of benzene rings is 3. The minimum absolute atomic E-state index is 0.0106. The second-order valence-electron chi connectivity index (χ2n) is 7.04. The lowest BCUT2D eigenvalue weighted by Gasteiger charge is -2.09. The summed E-state index contributed by atoms with van der Waals surface area (Å²) in [6.45, 7) is 0.123. The van der Waals surface area contributed by atoms with Crippen molar-refractivity contribution in [3.05, 3.63) is 101 Å². The highest BCUT2D eigenvalue weighted by Crippen LogP contribution is 2.23. The number of hydrogen-bond acceptors (Lipinski definition) is 4. The number of carbonyl (C=O) groups is 1. The first-order chi connectivity index (χ1) is 15.3. The topological polar surface area (TPSA) is 107 Å². The number of para-hydroxylation sites is 1. The van der Waals surface area contributed by atoms with Crippen molar-refractivity contribution in [1.29, 1.82) is 0 Å². The molecule has 0 atom stereocenters. The summed E-state index contributed by atoms with van der Waals surface area (Å²) < 4.78 is 24.7. The number of aromatic nitrogens is 2. The predicted octanol–water partition coefficient (Wildman–Crippen LogP) is 3.77. The molecule has 7 nitrogen and oxygen atoms in total. The average Bonchev–Trinajstić information content (AvgIpc) is 3.24. The number of nitrogens with zero attached hydrogens (tertiary/aromatic N) is 2. The first-order valence-corrected chi connectivity index (χ1v) is 11.5. The number of hydrogen-bond donors (Lipinski definition) is 2. The maximum absolute atomic E-state index is 13.1. The highest BCUT2D eigenvalue weighted by molar-refractivity contribution is 7.89. The van der Waals surface area contributed by atoms with E-state index in [0.717, 1.165) is 11.3 Å². The molecule has 162 valence electrons. The van der Waals surface area contributed by atoms with E-state index < -0.39 is 10.0 Å². The van der Waals surface area contributed by atoms with Gasteiger partial charge in [-0.25, -0.2) is 18.2 Å². The molecule has 3 aromatic carbocycles. The van der Waals surface area contributed by atoms with Crippen LogP contribution < -0.4 is 10.5 Å². The van der Waals surface area contributed by atoms with Crippen molar-refractivity contribution in [3.8, 4) is 16.9 Å². The SMILES string of the molecule is NS(=O)(=O)c1cccc(CNC(=O)c2cc(-c3ccc(Cl)cc3)nn2-c2ccccc2)c1. The molecule has 1 amide bonds. The Bertz CT molecular complexity index is 1370.